The van der Waals surface area contributed by atoms with Crippen molar-refractivity contribution in [3.05, 3.63) is 29.8 Å². The molecule has 1 heterocycles. The number of guanidine groups is 1. The molecule has 1 aliphatic carbocycles. The number of aliphatic imine (C=N–C) groups is 1. The fourth-order valence-corrected chi connectivity index (χ4v) is 3.03. The van der Waals surface area contributed by atoms with E-state index in [0.29, 0.717) is 6.04 Å². The van der Waals surface area contributed by atoms with Gasteiger partial charge in [-0.15, -0.1) is 0 Å². The minimum Gasteiger partial charge on any atom is -0.497 e. The van der Waals surface area contributed by atoms with Crippen molar-refractivity contribution in [2.24, 2.45) is 4.99 Å². The normalized spacial score (nSPS) is 23.5. The minimum absolute atomic E-state index is 0.266. The van der Waals surface area contributed by atoms with Gasteiger partial charge in [0.2, 0.25) is 0 Å². The van der Waals surface area contributed by atoms with Crippen LogP contribution in [-0.4, -0.2) is 32.2 Å². The highest BCUT2D eigenvalue weighted by molar-refractivity contribution is 5.81. The lowest BCUT2D eigenvalue weighted by Gasteiger charge is -2.43. The molecule has 0 radical (unpaired) electrons. The van der Waals surface area contributed by atoms with E-state index >= 15 is 0 Å². The van der Waals surface area contributed by atoms with Crippen LogP contribution in [0.3, 0.4) is 0 Å². The van der Waals surface area contributed by atoms with Crippen molar-refractivity contribution in [2.45, 2.75) is 37.6 Å². The van der Waals surface area contributed by atoms with Crippen LogP contribution >= 0.6 is 0 Å². The van der Waals surface area contributed by atoms with Crippen molar-refractivity contribution >= 4 is 5.96 Å². The molecule has 2 N–H and O–H groups in total. The van der Waals surface area contributed by atoms with E-state index in [1.165, 1.54) is 24.8 Å². The summed E-state index contributed by atoms with van der Waals surface area (Å²) < 4.78 is 5.24. The number of nitrogens with one attached hydrogen (secondary N) is 2. The first-order valence-corrected chi connectivity index (χ1v) is 7.41. The Morgan fingerprint density at radius 3 is 2.60 bits per heavy atom. The highest BCUT2D eigenvalue weighted by atomic mass is 16.5. The second-order valence-corrected chi connectivity index (χ2v) is 5.95. The Labute approximate surface area is 120 Å². The molecule has 0 spiro atoms. The van der Waals surface area contributed by atoms with Crippen LogP contribution in [0.2, 0.25) is 0 Å². The first-order chi connectivity index (χ1) is 9.72. The lowest BCUT2D eigenvalue weighted by molar-refractivity contribution is 0.243. The van der Waals surface area contributed by atoms with Gasteiger partial charge in [0.05, 0.1) is 13.7 Å². The molecular formula is C16H23N3O. The molecule has 0 saturated heterocycles. The van der Waals surface area contributed by atoms with Crippen molar-refractivity contribution in [1.29, 1.82) is 0 Å². The molecule has 1 saturated carbocycles. The van der Waals surface area contributed by atoms with Gasteiger partial charge in [-0.1, -0.05) is 18.6 Å². The number of nitrogens with zero attached hydrogens (tertiary/aromatic N) is 1. The third kappa shape index (κ3) is 2.47. The summed E-state index contributed by atoms with van der Waals surface area (Å²) in [5.74, 6) is 1.88. The molecule has 1 aromatic rings. The summed E-state index contributed by atoms with van der Waals surface area (Å²) in [6.07, 6.45) is 3.80. The summed E-state index contributed by atoms with van der Waals surface area (Å²) in [6, 6.07) is 8.97. The number of hydrogen-bond acceptors (Lipinski definition) is 4. The molecule has 2 aliphatic rings. The summed E-state index contributed by atoms with van der Waals surface area (Å²) >= 11 is 0. The first kappa shape index (κ1) is 13.3. The van der Waals surface area contributed by atoms with E-state index in [2.05, 4.69) is 46.8 Å². The Morgan fingerprint density at radius 2 is 2.10 bits per heavy atom. The van der Waals surface area contributed by atoms with Gasteiger partial charge in [0, 0.05) is 18.0 Å². The van der Waals surface area contributed by atoms with Gasteiger partial charge in [-0.2, -0.15) is 0 Å². The summed E-state index contributed by atoms with van der Waals surface area (Å²) in [5, 5.41) is 6.85. The molecule has 0 bridgehead atoms. The summed E-state index contributed by atoms with van der Waals surface area (Å²) in [5.41, 5.74) is 1.67. The van der Waals surface area contributed by atoms with E-state index in [0.717, 1.165) is 24.8 Å². The van der Waals surface area contributed by atoms with Crippen LogP contribution in [0.15, 0.2) is 29.3 Å². The van der Waals surface area contributed by atoms with Crippen molar-refractivity contribution < 1.29 is 4.74 Å². The summed E-state index contributed by atoms with van der Waals surface area (Å²) in [7, 11) is 1.71. The maximum atomic E-state index is 5.24. The standard InChI is InChI=1S/C16H23N3O/c1-12-10-17-15(19-12)18-11-16(8-3-9-16)13-4-6-14(20-2)7-5-13/h4-7,12H,3,8-11H2,1-2H3,(H2,17,18,19). The molecule has 4 nitrogen and oxygen atoms in total. The van der Waals surface area contributed by atoms with Gasteiger partial charge in [0.15, 0.2) is 5.96 Å². The van der Waals surface area contributed by atoms with E-state index < -0.39 is 0 Å². The zero-order valence-electron chi connectivity index (χ0n) is 12.3. The van der Waals surface area contributed by atoms with Crippen LogP contribution in [0, 0.1) is 0 Å². The third-order valence-corrected chi connectivity index (χ3v) is 4.51. The third-order valence-electron chi connectivity index (χ3n) is 4.51. The smallest absolute Gasteiger partial charge is 0.191 e. The molecule has 108 valence electrons. The zero-order chi connectivity index (χ0) is 14.0. The Bertz CT molecular complexity index is 491. The molecule has 1 atom stereocenters. The quantitative estimate of drug-likeness (QED) is 0.882. The monoisotopic (exact) mass is 273 g/mol. The molecule has 3 rings (SSSR count). The van der Waals surface area contributed by atoms with Crippen LogP contribution in [-0.2, 0) is 5.41 Å². The van der Waals surface area contributed by atoms with E-state index in [4.69, 9.17) is 4.74 Å². The number of benzene rings is 1. The second kappa shape index (κ2) is 5.35. The molecule has 0 aromatic heterocycles. The van der Waals surface area contributed by atoms with Gasteiger partial charge >= 0.3 is 0 Å². The van der Waals surface area contributed by atoms with E-state index in [-0.39, 0.29) is 5.41 Å². The van der Waals surface area contributed by atoms with Crippen molar-refractivity contribution in [2.75, 3.05) is 20.2 Å². The number of hydrogen-bond donors (Lipinski definition) is 2. The summed E-state index contributed by atoms with van der Waals surface area (Å²) in [4.78, 5) is 4.47. The predicted octanol–water partition coefficient (Wildman–Crippen LogP) is 2.05. The van der Waals surface area contributed by atoms with Crippen molar-refractivity contribution in [3.8, 4) is 5.75 Å². The fourth-order valence-electron chi connectivity index (χ4n) is 3.03. The second-order valence-electron chi connectivity index (χ2n) is 5.95. The number of rotatable bonds is 4. The Balaban J connectivity index is 1.67. The van der Waals surface area contributed by atoms with Gasteiger partial charge in [-0.05, 0) is 37.5 Å². The molecule has 1 unspecified atom stereocenters. The molecule has 1 aliphatic heterocycles. The predicted molar refractivity (Wildman–Crippen MR) is 81.4 cm³/mol. The Hall–Kier alpha value is -1.71. The maximum absolute atomic E-state index is 5.24. The molecule has 20 heavy (non-hydrogen) atoms. The van der Waals surface area contributed by atoms with Crippen LogP contribution < -0.4 is 15.4 Å². The summed E-state index contributed by atoms with van der Waals surface area (Å²) in [6.45, 7) is 3.98. The molecule has 1 aromatic carbocycles. The maximum Gasteiger partial charge on any atom is 0.191 e. The Morgan fingerprint density at radius 1 is 1.35 bits per heavy atom. The lowest BCUT2D eigenvalue weighted by Crippen LogP contribution is -2.48. The molecular weight excluding hydrogens is 250 g/mol. The topological polar surface area (TPSA) is 45.6 Å². The van der Waals surface area contributed by atoms with Crippen LogP contribution in [0.4, 0.5) is 0 Å². The minimum atomic E-state index is 0.266. The van der Waals surface area contributed by atoms with Gasteiger partial charge in [-0.25, -0.2) is 0 Å². The average Bonchev–Trinajstić information content (AvgIpc) is 2.84. The zero-order valence-corrected chi connectivity index (χ0v) is 12.3. The largest absolute Gasteiger partial charge is 0.497 e. The number of methoxy groups -OCH3 is 1. The van der Waals surface area contributed by atoms with E-state index in [1.807, 2.05) is 0 Å². The van der Waals surface area contributed by atoms with Gasteiger partial charge < -0.3 is 15.4 Å². The van der Waals surface area contributed by atoms with Gasteiger partial charge in [-0.3, -0.25) is 4.99 Å². The van der Waals surface area contributed by atoms with Crippen LogP contribution in [0.1, 0.15) is 31.7 Å². The average molecular weight is 273 g/mol. The molecule has 1 fully saturated rings. The van der Waals surface area contributed by atoms with E-state index in [9.17, 15) is 0 Å². The highest BCUT2D eigenvalue weighted by Gasteiger charge is 2.38. The Kier molecular flexibility index (Phi) is 3.55. The highest BCUT2D eigenvalue weighted by Crippen LogP contribution is 2.43. The van der Waals surface area contributed by atoms with Crippen LogP contribution in [0.25, 0.3) is 0 Å². The molecule has 0 amide bonds. The lowest BCUT2D eigenvalue weighted by atomic mass is 9.64. The molecule has 4 heteroatoms. The van der Waals surface area contributed by atoms with E-state index in [1.54, 1.807) is 7.11 Å². The van der Waals surface area contributed by atoms with Crippen LogP contribution in [0.5, 0.6) is 5.75 Å². The first-order valence-electron chi connectivity index (χ1n) is 7.41. The number of ether oxygens (including phenoxy) is 1. The van der Waals surface area contributed by atoms with Gasteiger partial charge in [0.1, 0.15) is 5.75 Å². The van der Waals surface area contributed by atoms with Crippen molar-refractivity contribution in [1.82, 2.24) is 10.6 Å². The van der Waals surface area contributed by atoms with Crippen molar-refractivity contribution in [3.63, 3.8) is 0 Å². The SMILES string of the molecule is COc1ccc(C2(CNC3=NCC(C)N3)CCC2)cc1. The van der Waals surface area contributed by atoms with Gasteiger partial charge in [0.25, 0.3) is 0 Å². The fraction of sp³-hybridized carbons (Fsp3) is 0.562.